The molecule has 15 heavy (non-hydrogen) atoms. The maximum Gasteiger partial charge on any atom is 0.217 e. The van der Waals surface area contributed by atoms with Crippen molar-refractivity contribution in [2.45, 2.75) is 12.8 Å². The summed E-state index contributed by atoms with van der Waals surface area (Å²) < 4.78 is 10.5. The molecule has 0 unspecified atom stereocenters. The molecule has 1 amide bonds. The van der Waals surface area contributed by atoms with E-state index in [9.17, 15) is 4.79 Å². The summed E-state index contributed by atoms with van der Waals surface area (Å²) in [5.74, 6) is 1.19. The second-order valence-corrected chi connectivity index (χ2v) is 3.10. The topological polar surface area (TPSA) is 61.6 Å². The van der Waals surface area contributed by atoms with Crippen molar-refractivity contribution < 1.29 is 14.3 Å². The average molecular weight is 209 g/mol. The predicted octanol–water partition coefficient (Wildman–Crippen LogP) is 1.34. The number of rotatable bonds is 6. The first-order valence-corrected chi connectivity index (χ1v) is 4.77. The van der Waals surface area contributed by atoms with Crippen LogP contribution in [0.3, 0.4) is 0 Å². The number of ether oxygens (including phenoxy) is 2. The van der Waals surface area contributed by atoms with Crippen molar-refractivity contribution in [3.63, 3.8) is 0 Å². The Bertz CT molecular complexity index is 325. The van der Waals surface area contributed by atoms with E-state index in [1.54, 1.807) is 13.2 Å². The van der Waals surface area contributed by atoms with Crippen LogP contribution in [-0.4, -0.2) is 19.6 Å². The summed E-state index contributed by atoms with van der Waals surface area (Å²) >= 11 is 0. The molecule has 0 fully saturated rings. The summed E-state index contributed by atoms with van der Waals surface area (Å²) in [5, 5.41) is 0. The van der Waals surface area contributed by atoms with Crippen LogP contribution in [0.2, 0.25) is 0 Å². The molecule has 1 aromatic rings. The Morgan fingerprint density at radius 1 is 1.40 bits per heavy atom. The molecule has 0 atom stereocenters. The molecule has 0 saturated heterocycles. The van der Waals surface area contributed by atoms with Gasteiger partial charge < -0.3 is 15.2 Å². The molecule has 4 heteroatoms. The number of amides is 1. The Morgan fingerprint density at radius 2 is 2.13 bits per heavy atom. The van der Waals surface area contributed by atoms with Gasteiger partial charge in [-0.3, -0.25) is 4.79 Å². The van der Waals surface area contributed by atoms with Gasteiger partial charge in [0, 0.05) is 12.5 Å². The molecule has 0 aliphatic heterocycles. The first kappa shape index (κ1) is 11.4. The molecule has 2 N–H and O–H groups in total. The summed E-state index contributed by atoms with van der Waals surface area (Å²) in [6.07, 6.45) is 0.983. The van der Waals surface area contributed by atoms with E-state index in [0.717, 1.165) is 11.5 Å². The van der Waals surface area contributed by atoms with Crippen LogP contribution in [0.25, 0.3) is 0 Å². The highest BCUT2D eigenvalue weighted by atomic mass is 16.5. The fraction of sp³-hybridized carbons (Fsp3) is 0.364. The molecule has 0 saturated carbocycles. The lowest BCUT2D eigenvalue weighted by molar-refractivity contribution is -0.118. The zero-order chi connectivity index (χ0) is 11.1. The zero-order valence-corrected chi connectivity index (χ0v) is 8.73. The molecular weight excluding hydrogens is 194 g/mol. The number of nitrogens with two attached hydrogens (primary N) is 1. The lowest BCUT2D eigenvalue weighted by Crippen LogP contribution is -2.11. The number of benzene rings is 1. The molecular formula is C11H15NO3. The minimum atomic E-state index is -0.302. The van der Waals surface area contributed by atoms with Crippen LogP contribution in [0.15, 0.2) is 24.3 Å². The van der Waals surface area contributed by atoms with Gasteiger partial charge in [-0.2, -0.15) is 0 Å². The van der Waals surface area contributed by atoms with Crippen molar-refractivity contribution >= 4 is 5.91 Å². The van der Waals surface area contributed by atoms with Gasteiger partial charge in [0.1, 0.15) is 11.5 Å². The molecule has 82 valence electrons. The van der Waals surface area contributed by atoms with Crippen molar-refractivity contribution in [2.75, 3.05) is 13.7 Å². The molecule has 1 aromatic carbocycles. The second kappa shape index (κ2) is 5.90. The third-order valence-corrected chi connectivity index (χ3v) is 1.88. The van der Waals surface area contributed by atoms with Gasteiger partial charge in [-0.25, -0.2) is 0 Å². The zero-order valence-electron chi connectivity index (χ0n) is 8.73. The van der Waals surface area contributed by atoms with Gasteiger partial charge in [-0.1, -0.05) is 6.07 Å². The normalized spacial score (nSPS) is 9.67. The maximum absolute atomic E-state index is 10.5. The third kappa shape index (κ3) is 4.35. The van der Waals surface area contributed by atoms with E-state index in [2.05, 4.69) is 0 Å². The van der Waals surface area contributed by atoms with E-state index in [4.69, 9.17) is 15.2 Å². The number of primary amides is 1. The van der Waals surface area contributed by atoms with Gasteiger partial charge in [0.25, 0.3) is 0 Å². The number of carbonyl (C=O) groups is 1. The molecule has 1 rings (SSSR count). The van der Waals surface area contributed by atoms with Crippen LogP contribution in [0, 0.1) is 0 Å². The number of methoxy groups -OCH3 is 1. The summed E-state index contributed by atoms with van der Waals surface area (Å²) in [7, 11) is 1.60. The van der Waals surface area contributed by atoms with Crippen LogP contribution in [0.5, 0.6) is 11.5 Å². The van der Waals surface area contributed by atoms with Crippen LogP contribution in [0.1, 0.15) is 12.8 Å². The summed E-state index contributed by atoms with van der Waals surface area (Å²) in [6, 6.07) is 7.33. The highest BCUT2D eigenvalue weighted by molar-refractivity contribution is 5.73. The average Bonchev–Trinajstić information content (AvgIpc) is 2.24. The number of hydrogen-bond donors (Lipinski definition) is 1. The smallest absolute Gasteiger partial charge is 0.217 e. The SMILES string of the molecule is COc1cccc(OCCCC(N)=O)c1. The standard InChI is InChI=1S/C11H15NO3/c1-14-9-4-2-5-10(8-9)15-7-3-6-11(12)13/h2,4-5,8H,3,6-7H2,1H3,(H2,12,13). The number of carbonyl (C=O) groups excluding carboxylic acids is 1. The van der Waals surface area contributed by atoms with E-state index < -0.39 is 0 Å². The van der Waals surface area contributed by atoms with Crippen LogP contribution in [0.4, 0.5) is 0 Å². The van der Waals surface area contributed by atoms with Gasteiger partial charge >= 0.3 is 0 Å². The molecule has 4 nitrogen and oxygen atoms in total. The Labute approximate surface area is 89.0 Å². The van der Waals surface area contributed by atoms with E-state index >= 15 is 0 Å². The summed E-state index contributed by atoms with van der Waals surface area (Å²) in [6.45, 7) is 0.482. The minimum absolute atomic E-state index is 0.302. The molecule has 0 aromatic heterocycles. The van der Waals surface area contributed by atoms with Gasteiger partial charge in [-0.15, -0.1) is 0 Å². The van der Waals surface area contributed by atoms with Crippen molar-refractivity contribution in [1.82, 2.24) is 0 Å². The molecule has 0 aliphatic carbocycles. The quantitative estimate of drug-likeness (QED) is 0.719. The van der Waals surface area contributed by atoms with Crippen molar-refractivity contribution in [3.05, 3.63) is 24.3 Å². The highest BCUT2D eigenvalue weighted by Gasteiger charge is 1.98. The van der Waals surface area contributed by atoms with E-state index in [0.29, 0.717) is 19.4 Å². The maximum atomic E-state index is 10.5. The van der Waals surface area contributed by atoms with Crippen molar-refractivity contribution in [1.29, 1.82) is 0 Å². The monoisotopic (exact) mass is 209 g/mol. The fourth-order valence-corrected chi connectivity index (χ4v) is 1.13. The Balaban J connectivity index is 2.33. The Morgan fingerprint density at radius 3 is 2.80 bits per heavy atom. The van der Waals surface area contributed by atoms with E-state index in [-0.39, 0.29) is 5.91 Å². The molecule has 0 heterocycles. The first-order chi connectivity index (χ1) is 7.22. The largest absolute Gasteiger partial charge is 0.497 e. The minimum Gasteiger partial charge on any atom is -0.497 e. The van der Waals surface area contributed by atoms with Gasteiger partial charge in [0.05, 0.1) is 13.7 Å². The molecule has 0 radical (unpaired) electrons. The molecule has 0 spiro atoms. The van der Waals surface area contributed by atoms with Crippen molar-refractivity contribution in [3.8, 4) is 11.5 Å². The predicted molar refractivity (Wildman–Crippen MR) is 56.9 cm³/mol. The second-order valence-electron chi connectivity index (χ2n) is 3.10. The summed E-state index contributed by atoms with van der Waals surface area (Å²) in [4.78, 5) is 10.5. The summed E-state index contributed by atoms with van der Waals surface area (Å²) in [5.41, 5.74) is 5.00. The fourth-order valence-electron chi connectivity index (χ4n) is 1.13. The van der Waals surface area contributed by atoms with Gasteiger partial charge in [0.2, 0.25) is 5.91 Å². The highest BCUT2D eigenvalue weighted by Crippen LogP contribution is 2.18. The molecule has 0 bridgehead atoms. The lowest BCUT2D eigenvalue weighted by atomic mass is 10.3. The van der Waals surface area contributed by atoms with E-state index in [1.807, 2.05) is 18.2 Å². The first-order valence-electron chi connectivity index (χ1n) is 4.77. The number of hydrogen-bond acceptors (Lipinski definition) is 3. The van der Waals surface area contributed by atoms with Crippen LogP contribution < -0.4 is 15.2 Å². The van der Waals surface area contributed by atoms with Gasteiger partial charge in [-0.05, 0) is 18.6 Å². The Hall–Kier alpha value is -1.71. The van der Waals surface area contributed by atoms with E-state index in [1.165, 1.54) is 0 Å². The van der Waals surface area contributed by atoms with Gasteiger partial charge in [0.15, 0.2) is 0 Å². The lowest BCUT2D eigenvalue weighted by Gasteiger charge is -2.06. The Kier molecular flexibility index (Phi) is 4.47. The third-order valence-electron chi connectivity index (χ3n) is 1.88. The molecule has 0 aliphatic rings. The van der Waals surface area contributed by atoms with Crippen LogP contribution in [-0.2, 0) is 4.79 Å². The van der Waals surface area contributed by atoms with Crippen molar-refractivity contribution in [2.24, 2.45) is 5.73 Å². The van der Waals surface area contributed by atoms with Crippen LogP contribution >= 0.6 is 0 Å².